The summed E-state index contributed by atoms with van der Waals surface area (Å²) in [6, 6.07) is 3.79. The quantitative estimate of drug-likeness (QED) is 0.424. The molecule has 0 saturated carbocycles. The highest BCUT2D eigenvalue weighted by Gasteiger charge is 2.30. The summed E-state index contributed by atoms with van der Waals surface area (Å²) < 4.78 is 10.2. The first-order valence-corrected chi connectivity index (χ1v) is 8.60. The average Bonchev–Trinajstić information content (AvgIpc) is 2.68. The van der Waals surface area contributed by atoms with Crippen molar-refractivity contribution in [2.24, 2.45) is 0 Å². The number of nitro groups is 1. The maximum Gasteiger partial charge on any atom is 0.326 e. The zero-order valence-corrected chi connectivity index (χ0v) is 14.6. The van der Waals surface area contributed by atoms with Gasteiger partial charge in [0.15, 0.2) is 13.2 Å². The van der Waals surface area contributed by atoms with E-state index in [1.807, 2.05) is 0 Å². The number of likely N-dealkylation sites (tertiary alicyclic amines) is 1. The standard InChI is InChI=1S/C17H19N3O7/c21-15(18-6-2-1-3-7-18)10-27-17(23)9-19-13-8-12(20(24)25)4-5-14(13)26-11-16(19)22/h4-5,8H,1-3,6-7,9-11H2. The minimum atomic E-state index is -0.770. The first-order valence-electron chi connectivity index (χ1n) is 8.60. The highest BCUT2D eigenvalue weighted by Crippen LogP contribution is 2.35. The Kier molecular flexibility index (Phi) is 5.53. The summed E-state index contributed by atoms with van der Waals surface area (Å²) in [6.07, 6.45) is 2.93. The second-order valence-corrected chi connectivity index (χ2v) is 6.28. The molecule has 144 valence electrons. The fraction of sp³-hybridized carbons (Fsp3) is 0.471. The van der Waals surface area contributed by atoms with Gasteiger partial charge >= 0.3 is 5.97 Å². The van der Waals surface area contributed by atoms with Gasteiger partial charge in [0.25, 0.3) is 17.5 Å². The lowest BCUT2D eigenvalue weighted by molar-refractivity contribution is -0.384. The van der Waals surface area contributed by atoms with Gasteiger partial charge in [0.1, 0.15) is 12.3 Å². The Balaban J connectivity index is 1.63. The number of carbonyl (C=O) groups is 3. The Morgan fingerprint density at radius 3 is 2.67 bits per heavy atom. The van der Waals surface area contributed by atoms with E-state index in [0.717, 1.165) is 24.2 Å². The third-order valence-electron chi connectivity index (χ3n) is 4.45. The summed E-state index contributed by atoms with van der Waals surface area (Å²) in [6.45, 7) is 0.165. The van der Waals surface area contributed by atoms with Gasteiger partial charge in [-0.05, 0) is 25.3 Å². The minimum Gasteiger partial charge on any atom is -0.482 e. The predicted octanol–water partition coefficient (Wildman–Crippen LogP) is 0.876. The van der Waals surface area contributed by atoms with Crippen LogP contribution in [-0.2, 0) is 19.1 Å². The number of non-ortho nitro benzene ring substituents is 1. The van der Waals surface area contributed by atoms with Crippen molar-refractivity contribution in [3.05, 3.63) is 28.3 Å². The SMILES string of the molecule is O=C(CN1C(=O)COc2ccc([N+](=O)[O-])cc21)OCC(=O)N1CCCCC1. The molecule has 2 amide bonds. The largest absolute Gasteiger partial charge is 0.482 e. The molecule has 0 spiro atoms. The van der Waals surface area contributed by atoms with Gasteiger partial charge in [-0.1, -0.05) is 0 Å². The van der Waals surface area contributed by atoms with E-state index in [-0.39, 0.29) is 36.2 Å². The molecule has 0 unspecified atom stereocenters. The fourth-order valence-electron chi connectivity index (χ4n) is 3.03. The first-order chi connectivity index (χ1) is 13.0. The summed E-state index contributed by atoms with van der Waals surface area (Å²) in [5.74, 6) is -1.31. The topological polar surface area (TPSA) is 119 Å². The lowest BCUT2D eigenvalue weighted by Crippen LogP contribution is -2.43. The van der Waals surface area contributed by atoms with Crippen molar-refractivity contribution < 1.29 is 28.8 Å². The van der Waals surface area contributed by atoms with Crippen molar-refractivity contribution in [1.82, 2.24) is 4.90 Å². The summed E-state index contributed by atoms with van der Waals surface area (Å²) >= 11 is 0. The van der Waals surface area contributed by atoms with Crippen molar-refractivity contribution in [3.8, 4) is 5.75 Å². The van der Waals surface area contributed by atoms with Crippen LogP contribution >= 0.6 is 0 Å². The van der Waals surface area contributed by atoms with Crippen LogP contribution < -0.4 is 9.64 Å². The van der Waals surface area contributed by atoms with E-state index in [9.17, 15) is 24.5 Å². The number of benzene rings is 1. The average molecular weight is 377 g/mol. The molecule has 10 nitrogen and oxygen atoms in total. The molecule has 0 radical (unpaired) electrons. The molecule has 0 bridgehead atoms. The molecular formula is C17H19N3O7. The number of rotatable bonds is 5. The van der Waals surface area contributed by atoms with Gasteiger partial charge in [0, 0.05) is 25.2 Å². The number of nitrogens with zero attached hydrogens (tertiary/aromatic N) is 3. The lowest BCUT2D eigenvalue weighted by Gasteiger charge is -2.29. The van der Waals surface area contributed by atoms with Gasteiger partial charge in [0.05, 0.1) is 10.6 Å². The van der Waals surface area contributed by atoms with Crippen LogP contribution in [0.3, 0.4) is 0 Å². The third-order valence-corrected chi connectivity index (χ3v) is 4.45. The Morgan fingerprint density at radius 2 is 1.96 bits per heavy atom. The molecule has 1 fully saturated rings. The second kappa shape index (κ2) is 8.02. The van der Waals surface area contributed by atoms with Gasteiger partial charge in [-0.25, -0.2) is 0 Å². The van der Waals surface area contributed by atoms with Crippen molar-refractivity contribution in [3.63, 3.8) is 0 Å². The summed E-state index contributed by atoms with van der Waals surface area (Å²) in [4.78, 5) is 49.3. The van der Waals surface area contributed by atoms with Crippen LogP contribution in [0.1, 0.15) is 19.3 Å². The third kappa shape index (κ3) is 4.33. The van der Waals surface area contributed by atoms with Crippen LogP contribution in [0.2, 0.25) is 0 Å². The number of nitro benzene ring substituents is 1. The lowest BCUT2D eigenvalue weighted by atomic mass is 10.1. The number of hydrogen-bond donors (Lipinski definition) is 0. The molecule has 1 aromatic carbocycles. The van der Waals surface area contributed by atoms with Crippen molar-refractivity contribution >= 4 is 29.2 Å². The van der Waals surface area contributed by atoms with Crippen molar-refractivity contribution in [2.75, 3.05) is 37.7 Å². The van der Waals surface area contributed by atoms with E-state index >= 15 is 0 Å². The normalized spacial score (nSPS) is 16.4. The van der Waals surface area contributed by atoms with E-state index in [1.54, 1.807) is 4.90 Å². The highest BCUT2D eigenvalue weighted by molar-refractivity contribution is 6.01. The van der Waals surface area contributed by atoms with Crippen LogP contribution in [0.4, 0.5) is 11.4 Å². The molecule has 2 aliphatic rings. The maximum atomic E-state index is 12.1. The number of fused-ring (bicyclic) bond motifs is 1. The molecule has 0 aliphatic carbocycles. The number of anilines is 1. The molecule has 0 aromatic heterocycles. The Labute approximate surface area is 154 Å². The van der Waals surface area contributed by atoms with E-state index < -0.39 is 23.3 Å². The molecule has 2 aliphatic heterocycles. The maximum absolute atomic E-state index is 12.1. The molecule has 1 aromatic rings. The molecule has 1 saturated heterocycles. The fourth-order valence-corrected chi connectivity index (χ4v) is 3.03. The monoisotopic (exact) mass is 377 g/mol. The van der Waals surface area contributed by atoms with E-state index in [4.69, 9.17) is 9.47 Å². The van der Waals surface area contributed by atoms with Crippen molar-refractivity contribution in [2.45, 2.75) is 19.3 Å². The zero-order valence-electron chi connectivity index (χ0n) is 14.6. The van der Waals surface area contributed by atoms with Gasteiger partial charge in [-0.3, -0.25) is 29.4 Å². The van der Waals surface area contributed by atoms with Gasteiger partial charge in [0.2, 0.25) is 0 Å². The van der Waals surface area contributed by atoms with Gasteiger partial charge < -0.3 is 14.4 Å². The number of piperidine rings is 1. The van der Waals surface area contributed by atoms with Crippen LogP contribution in [0.15, 0.2) is 18.2 Å². The van der Waals surface area contributed by atoms with E-state index in [2.05, 4.69) is 0 Å². The van der Waals surface area contributed by atoms with Gasteiger partial charge in [-0.2, -0.15) is 0 Å². The molecule has 10 heteroatoms. The number of amides is 2. The molecule has 0 N–H and O–H groups in total. The Hall–Kier alpha value is -3.17. The smallest absolute Gasteiger partial charge is 0.326 e. The summed E-state index contributed by atoms with van der Waals surface area (Å²) in [7, 11) is 0. The minimum absolute atomic E-state index is 0.125. The molecule has 0 atom stereocenters. The van der Waals surface area contributed by atoms with Crippen LogP contribution in [0.25, 0.3) is 0 Å². The van der Waals surface area contributed by atoms with Crippen LogP contribution in [-0.4, -0.2) is 60.5 Å². The van der Waals surface area contributed by atoms with Gasteiger partial charge in [-0.15, -0.1) is 0 Å². The second-order valence-electron chi connectivity index (χ2n) is 6.28. The zero-order chi connectivity index (χ0) is 19.4. The molecule has 3 rings (SSSR count). The first kappa shape index (κ1) is 18.6. The molecular weight excluding hydrogens is 358 g/mol. The number of carbonyl (C=O) groups excluding carboxylic acids is 3. The number of hydrogen-bond acceptors (Lipinski definition) is 7. The summed E-state index contributed by atoms with van der Waals surface area (Å²) in [5, 5.41) is 11.0. The molecule has 2 heterocycles. The van der Waals surface area contributed by atoms with Crippen LogP contribution in [0, 0.1) is 10.1 Å². The number of esters is 1. The number of ether oxygens (including phenoxy) is 2. The Morgan fingerprint density at radius 1 is 1.22 bits per heavy atom. The van der Waals surface area contributed by atoms with E-state index in [1.165, 1.54) is 18.2 Å². The summed E-state index contributed by atoms with van der Waals surface area (Å²) in [5.41, 5.74) is -0.106. The Bertz CT molecular complexity index is 774. The van der Waals surface area contributed by atoms with Crippen molar-refractivity contribution in [1.29, 1.82) is 0 Å². The van der Waals surface area contributed by atoms with E-state index in [0.29, 0.717) is 13.1 Å². The predicted molar refractivity (Wildman–Crippen MR) is 92.3 cm³/mol. The molecule has 27 heavy (non-hydrogen) atoms. The highest BCUT2D eigenvalue weighted by atomic mass is 16.6. The van der Waals surface area contributed by atoms with Crippen LogP contribution in [0.5, 0.6) is 5.75 Å².